The highest BCUT2D eigenvalue weighted by molar-refractivity contribution is 8.26. The number of hydrogen-bond acceptors (Lipinski definition) is 5. The van der Waals surface area contributed by atoms with Crippen molar-refractivity contribution >= 4 is 46.3 Å². The molecule has 116 valence electrons. The molecule has 1 aliphatic rings. The van der Waals surface area contributed by atoms with Crippen LogP contribution < -0.4 is 4.74 Å². The van der Waals surface area contributed by atoms with E-state index in [1.54, 1.807) is 6.08 Å². The highest BCUT2D eigenvalue weighted by atomic mass is 32.2. The summed E-state index contributed by atoms with van der Waals surface area (Å²) in [5, 5.41) is 8.83. The van der Waals surface area contributed by atoms with Crippen molar-refractivity contribution < 1.29 is 19.4 Å². The Bertz CT molecular complexity index is 655. The summed E-state index contributed by atoms with van der Waals surface area (Å²) in [5.41, 5.74) is 0.757. The normalized spacial score (nSPS) is 16.7. The fourth-order valence-corrected chi connectivity index (χ4v) is 3.12. The van der Waals surface area contributed by atoms with Gasteiger partial charge < -0.3 is 9.84 Å². The topological polar surface area (TPSA) is 66.8 Å². The summed E-state index contributed by atoms with van der Waals surface area (Å²) in [4.78, 5) is 24.5. The third kappa shape index (κ3) is 3.86. The number of carboxylic acid groups (broad SMARTS) is 1. The van der Waals surface area contributed by atoms with E-state index >= 15 is 0 Å². The molecule has 0 atom stereocenters. The second-order valence-electron chi connectivity index (χ2n) is 4.87. The van der Waals surface area contributed by atoms with Gasteiger partial charge in [-0.15, -0.1) is 0 Å². The van der Waals surface area contributed by atoms with E-state index in [-0.39, 0.29) is 10.4 Å². The first-order valence-electron chi connectivity index (χ1n) is 6.61. The van der Waals surface area contributed by atoms with Gasteiger partial charge in [0.1, 0.15) is 16.6 Å². The first kappa shape index (κ1) is 16.5. The lowest BCUT2D eigenvalue weighted by Crippen LogP contribution is -2.33. The van der Waals surface area contributed by atoms with Crippen LogP contribution in [0.1, 0.15) is 19.4 Å². The minimum atomic E-state index is -1.10. The number of carbonyl (C=O) groups is 2. The molecule has 5 nitrogen and oxygen atoms in total. The van der Waals surface area contributed by atoms with Crippen molar-refractivity contribution in [2.45, 2.75) is 20.0 Å². The van der Waals surface area contributed by atoms with Crippen LogP contribution in [-0.2, 0) is 9.59 Å². The first-order valence-corrected chi connectivity index (χ1v) is 7.84. The molecule has 22 heavy (non-hydrogen) atoms. The number of hydrogen-bond donors (Lipinski definition) is 1. The third-order valence-electron chi connectivity index (χ3n) is 2.74. The van der Waals surface area contributed by atoms with Crippen molar-refractivity contribution in [3.63, 3.8) is 0 Å². The van der Waals surface area contributed by atoms with E-state index in [1.165, 1.54) is 0 Å². The van der Waals surface area contributed by atoms with Crippen LogP contribution in [0.2, 0.25) is 0 Å². The van der Waals surface area contributed by atoms with Gasteiger partial charge in [0.05, 0.1) is 11.0 Å². The second kappa shape index (κ2) is 6.93. The fourth-order valence-electron chi connectivity index (χ4n) is 1.87. The monoisotopic (exact) mass is 337 g/mol. The number of amides is 1. The van der Waals surface area contributed by atoms with Gasteiger partial charge in [0, 0.05) is 5.56 Å². The van der Waals surface area contributed by atoms with Crippen LogP contribution in [0, 0.1) is 0 Å². The Kier molecular flexibility index (Phi) is 5.20. The number of nitrogens with zero attached hydrogens (tertiary/aromatic N) is 1. The molecule has 0 saturated carbocycles. The van der Waals surface area contributed by atoms with Crippen molar-refractivity contribution in [3.8, 4) is 5.75 Å². The Hall–Kier alpha value is -1.86. The highest BCUT2D eigenvalue weighted by Crippen LogP contribution is 2.34. The van der Waals surface area contributed by atoms with Gasteiger partial charge in [0.15, 0.2) is 0 Å². The molecule has 1 N–H and O–H groups in total. The molecule has 0 spiro atoms. The van der Waals surface area contributed by atoms with Crippen molar-refractivity contribution in [1.29, 1.82) is 0 Å². The number of thiocarbonyl (C=S) groups is 1. The van der Waals surface area contributed by atoms with Crippen LogP contribution in [0.25, 0.3) is 6.08 Å². The van der Waals surface area contributed by atoms with Gasteiger partial charge in [-0.25, -0.2) is 0 Å². The quantitative estimate of drug-likeness (QED) is 0.658. The second-order valence-corrected chi connectivity index (χ2v) is 6.54. The van der Waals surface area contributed by atoms with Crippen LogP contribution >= 0.6 is 24.0 Å². The number of benzene rings is 1. The van der Waals surface area contributed by atoms with Crippen molar-refractivity contribution in [3.05, 3.63) is 34.7 Å². The number of aliphatic carboxylic acids is 1. The number of para-hydroxylation sites is 1. The average Bonchev–Trinajstić information content (AvgIpc) is 2.68. The van der Waals surface area contributed by atoms with Crippen LogP contribution in [0.3, 0.4) is 0 Å². The lowest BCUT2D eigenvalue weighted by molar-refractivity contribution is -0.140. The maximum atomic E-state index is 12.2. The molecule has 1 saturated heterocycles. The van der Waals surface area contributed by atoms with E-state index in [9.17, 15) is 9.59 Å². The van der Waals surface area contributed by atoms with Crippen LogP contribution in [0.4, 0.5) is 0 Å². The molecule has 0 radical (unpaired) electrons. The number of thioether (sulfide) groups is 1. The Morgan fingerprint density at radius 1 is 1.45 bits per heavy atom. The number of ether oxygens (including phenoxy) is 1. The van der Waals surface area contributed by atoms with Crippen molar-refractivity contribution in [2.75, 3.05) is 6.54 Å². The minimum absolute atomic E-state index is 0.0102. The molecule has 0 aromatic heterocycles. The molecule has 0 bridgehead atoms. The summed E-state index contributed by atoms with van der Waals surface area (Å²) in [6.45, 7) is 3.42. The predicted molar refractivity (Wildman–Crippen MR) is 89.7 cm³/mol. The maximum absolute atomic E-state index is 12.2. The van der Waals surface area contributed by atoms with Gasteiger partial charge in [0.2, 0.25) is 0 Å². The molecule has 0 aliphatic carbocycles. The van der Waals surface area contributed by atoms with Gasteiger partial charge in [-0.3, -0.25) is 14.5 Å². The van der Waals surface area contributed by atoms with E-state index < -0.39 is 18.4 Å². The molecular weight excluding hydrogens is 322 g/mol. The van der Waals surface area contributed by atoms with Crippen molar-refractivity contribution in [2.24, 2.45) is 0 Å². The van der Waals surface area contributed by atoms with Crippen molar-refractivity contribution in [1.82, 2.24) is 4.90 Å². The summed E-state index contributed by atoms with van der Waals surface area (Å²) in [6.07, 6.45) is 1.69. The molecule has 1 heterocycles. The number of carbonyl (C=O) groups excluding carboxylic acids is 1. The Labute approximate surface area is 137 Å². The molecule has 1 aromatic rings. The van der Waals surface area contributed by atoms with Gasteiger partial charge in [-0.2, -0.15) is 0 Å². The van der Waals surface area contributed by atoms with Crippen LogP contribution in [0.5, 0.6) is 5.75 Å². The summed E-state index contributed by atoms with van der Waals surface area (Å²) in [6, 6.07) is 7.35. The van der Waals surface area contributed by atoms with E-state index in [2.05, 4.69) is 0 Å². The number of rotatable bonds is 5. The molecule has 0 unspecified atom stereocenters. The molecule has 2 rings (SSSR count). The molecule has 1 aliphatic heterocycles. The Balaban J connectivity index is 2.29. The standard InChI is InChI=1S/C15H15NO4S2/c1-9(2)20-11-6-4-3-5-10(11)7-12-14(19)16(8-13(17)18)15(21)22-12/h3-7,9H,8H2,1-2H3,(H,17,18)/b12-7-. The first-order chi connectivity index (χ1) is 10.4. The zero-order valence-corrected chi connectivity index (χ0v) is 13.7. The Morgan fingerprint density at radius 3 is 2.77 bits per heavy atom. The summed E-state index contributed by atoms with van der Waals surface area (Å²) >= 11 is 6.16. The average molecular weight is 337 g/mol. The highest BCUT2D eigenvalue weighted by Gasteiger charge is 2.33. The van der Waals surface area contributed by atoms with Gasteiger partial charge in [-0.05, 0) is 26.0 Å². The van der Waals surface area contributed by atoms with E-state index in [0.29, 0.717) is 10.7 Å². The summed E-state index contributed by atoms with van der Waals surface area (Å²) < 4.78 is 5.95. The maximum Gasteiger partial charge on any atom is 0.323 e. The lowest BCUT2D eigenvalue weighted by atomic mass is 10.2. The molecular formula is C15H15NO4S2. The summed E-state index contributed by atoms with van der Waals surface area (Å²) in [5.74, 6) is -0.821. The zero-order chi connectivity index (χ0) is 16.3. The molecule has 7 heteroatoms. The molecule has 1 aromatic carbocycles. The lowest BCUT2D eigenvalue weighted by Gasteiger charge is -2.12. The van der Waals surface area contributed by atoms with Crippen LogP contribution in [0.15, 0.2) is 29.2 Å². The van der Waals surface area contributed by atoms with Crippen LogP contribution in [-0.4, -0.2) is 38.9 Å². The molecule has 1 amide bonds. The van der Waals surface area contributed by atoms with E-state index in [1.807, 2.05) is 38.1 Å². The number of carboxylic acids is 1. The third-order valence-corrected chi connectivity index (χ3v) is 4.11. The van der Waals surface area contributed by atoms with Gasteiger partial charge in [0.25, 0.3) is 5.91 Å². The fraction of sp³-hybridized carbons (Fsp3) is 0.267. The minimum Gasteiger partial charge on any atom is -0.490 e. The summed E-state index contributed by atoms with van der Waals surface area (Å²) in [7, 11) is 0. The van der Waals surface area contributed by atoms with Gasteiger partial charge >= 0.3 is 5.97 Å². The smallest absolute Gasteiger partial charge is 0.323 e. The molecule has 1 fully saturated rings. The zero-order valence-electron chi connectivity index (χ0n) is 12.1. The Morgan fingerprint density at radius 2 is 2.14 bits per heavy atom. The largest absolute Gasteiger partial charge is 0.490 e. The van der Waals surface area contributed by atoms with Gasteiger partial charge in [-0.1, -0.05) is 42.2 Å². The van der Waals surface area contributed by atoms with E-state index in [4.69, 9.17) is 22.1 Å². The SMILES string of the molecule is CC(C)Oc1ccccc1/C=C1\SC(=S)N(CC(=O)O)C1=O. The predicted octanol–water partition coefficient (Wildman–Crippen LogP) is 2.76. The van der Waals surface area contributed by atoms with E-state index in [0.717, 1.165) is 22.2 Å².